The van der Waals surface area contributed by atoms with Crippen molar-refractivity contribution in [1.29, 1.82) is 0 Å². The number of methoxy groups -OCH3 is 1. The molecule has 0 aliphatic rings. The molecule has 0 unspecified atom stereocenters. The van der Waals surface area contributed by atoms with Gasteiger partial charge in [-0.1, -0.05) is 0 Å². The van der Waals surface area contributed by atoms with Gasteiger partial charge >= 0.3 is 173 Å². The standard InChI is InChI=1S/C23H26N2O2Se/c1-3-4-6-11-21(26)24-23-25-22(18-12-14-19(27-2)15-13-18)20(28-23)16-17-9-7-5-8-10-17/h5,7-10,12-15H,3-4,6,11,16H2,1-2H3,(H,24,25,26). The molecule has 1 aromatic heterocycles. The normalized spacial score (nSPS) is 10.6. The molecule has 2 aromatic carbocycles. The van der Waals surface area contributed by atoms with E-state index in [1.165, 1.54) is 10.0 Å². The molecule has 0 aliphatic heterocycles. The van der Waals surface area contributed by atoms with E-state index in [9.17, 15) is 4.79 Å². The van der Waals surface area contributed by atoms with E-state index in [-0.39, 0.29) is 20.4 Å². The molecule has 5 heteroatoms. The van der Waals surface area contributed by atoms with Crippen LogP contribution < -0.4 is 10.1 Å². The Balaban J connectivity index is 1.84. The fourth-order valence-corrected chi connectivity index (χ4v) is 5.17. The summed E-state index contributed by atoms with van der Waals surface area (Å²) in [5, 5.41) is 3.05. The van der Waals surface area contributed by atoms with Crippen LogP contribution >= 0.6 is 0 Å². The van der Waals surface area contributed by atoms with Crippen LogP contribution in [0.2, 0.25) is 0 Å². The van der Waals surface area contributed by atoms with Gasteiger partial charge in [0.15, 0.2) is 0 Å². The predicted molar refractivity (Wildman–Crippen MR) is 115 cm³/mol. The van der Waals surface area contributed by atoms with Crippen molar-refractivity contribution >= 4 is 25.1 Å². The van der Waals surface area contributed by atoms with Crippen LogP contribution in [0.4, 0.5) is 4.69 Å². The molecule has 1 N–H and O–H groups in total. The maximum absolute atomic E-state index is 12.2. The van der Waals surface area contributed by atoms with E-state index in [2.05, 4.69) is 36.5 Å². The maximum atomic E-state index is 12.2. The van der Waals surface area contributed by atoms with Gasteiger partial charge in [-0.2, -0.15) is 0 Å². The summed E-state index contributed by atoms with van der Waals surface area (Å²) in [5.74, 6) is 0.898. The van der Waals surface area contributed by atoms with E-state index in [0.717, 1.165) is 47.4 Å². The Morgan fingerprint density at radius 3 is 2.50 bits per heavy atom. The Morgan fingerprint density at radius 2 is 1.82 bits per heavy atom. The van der Waals surface area contributed by atoms with Crippen molar-refractivity contribution < 1.29 is 9.53 Å². The van der Waals surface area contributed by atoms with Gasteiger partial charge in [0.25, 0.3) is 0 Å². The molecule has 0 aliphatic carbocycles. The van der Waals surface area contributed by atoms with Crippen molar-refractivity contribution in [3.05, 3.63) is 64.6 Å². The number of hydrogen-bond acceptors (Lipinski definition) is 3. The fraction of sp³-hybridized carbons (Fsp3) is 0.304. The zero-order chi connectivity index (χ0) is 19.8. The van der Waals surface area contributed by atoms with Crippen LogP contribution in [-0.4, -0.2) is 32.5 Å². The van der Waals surface area contributed by atoms with Crippen molar-refractivity contribution in [3.63, 3.8) is 0 Å². The van der Waals surface area contributed by atoms with E-state index < -0.39 is 0 Å². The van der Waals surface area contributed by atoms with Gasteiger partial charge in [0, 0.05) is 0 Å². The summed E-state index contributed by atoms with van der Waals surface area (Å²) in [6, 6.07) is 18.4. The molecular weight excluding hydrogens is 415 g/mol. The summed E-state index contributed by atoms with van der Waals surface area (Å²) in [7, 11) is 1.66. The van der Waals surface area contributed by atoms with Gasteiger partial charge in [-0.15, -0.1) is 0 Å². The third-order valence-electron chi connectivity index (χ3n) is 4.52. The number of carbonyl (C=O) groups is 1. The Morgan fingerprint density at radius 1 is 1.07 bits per heavy atom. The van der Waals surface area contributed by atoms with Crippen LogP contribution in [0.5, 0.6) is 5.75 Å². The van der Waals surface area contributed by atoms with Crippen molar-refractivity contribution in [1.82, 2.24) is 4.98 Å². The Bertz CT molecular complexity index is 889. The van der Waals surface area contributed by atoms with Crippen molar-refractivity contribution in [3.8, 4) is 17.0 Å². The van der Waals surface area contributed by atoms with Crippen LogP contribution in [0.1, 0.15) is 42.6 Å². The Hall–Kier alpha value is -2.36. The molecule has 0 fully saturated rings. The number of hydrogen-bond donors (Lipinski definition) is 1. The first-order chi connectivity index (χ1) is 13.7. The van der Waals surface area contributed by atoms with Crippen molar-refractivity contribution in [2.24, 2.45) is 0 Å². The number of ether oxygens (including phenoxy) is 1. The Labute approximate surface area is 172 Å². The van der Waals surface area contributed by atoms with E-state index in [4.69, 9.17) is 9.72 Å². The summed E-state index contributed by atoms with van der Waals surface area (Å²) in [6.07, 6.45) is 4.54. The van der Waals surface area contributed by atoms with E-state index in [1.807, 2.05) is 30.3 Å². The minimum absolute atomic E-state index is 0.0194. The van der Waals surface area contributed by atoms with Gasteiger partial charge in [0.05, 0.1) is 0 Å². The first-order valence-electron chi connectivity index (χ1n) is 9.67. The zero-order valence-corrected chi connectivity index (χ0v) is 18.1. The molecule has 0 saturated carbocycles. The van der Waals surface area contributed by atoms with Gasteiger partial charge < -0.3 is 0 Å². The topological polar surface area (TPSA) is 51.2 Å². The number of anilines is 1. The molecule has 0 radical (unpaired) electrons. The number of nitrogens with zero attached hydrogens (tertiary/aromatic N) is 1. The van der Waals surface area contributed by atoms with Crippen LogP contribution in [0.15, 0.2) is 54.6 Å². The number of unbranched alkanes of at least 4 members (excludes halogenated alkanes) is 2. The first-order valence-corrected chi connectivity index (χ1v) is 11.4. The molecule has 0 bridgehead atoms. The van der Waals surface area contributed by atoms with E-state index in [1.54, 1.807) is 7.11 Å². The summed E-state index contributed by atoms with van der Waals surface area (Å²) < 4.78 is 7.37. The number of benzene rings is 2. The number of nitrogens with one attached hydrogen (secondary N) is 1. The quantitative estimate of drug-likeness (QED) is 0.379. The van der Waals surface area contributed by atoms with Crippen molar-refractivity contribution in [2.45, 2.75) is 39.0 Å². The van der Waals surface area contributed by atoms with Crippen LogP contribution in [-0.2, 0) is 11.2 Å². The van der Waals surface area contributed by atoms with Gasteiger partial charge in [0.2, 0.25) is 0 Å². The van der Waals surface area contributed by atoms with Gasteiger partial charge in [-0.3, -0.25) is 0 Å². The summed E-state index contributed by atoms with van der Waals surface area (Å²) in [4.78, 5) is 17.1. The van der Waals surface area contributed by atoms with Crippen LogP contribution in [0.3, 0.4) is 0 Å². The predicted octanol–water partition coefficient (Wildman–Crippen LogP) is 4.92. The molecule has 3 rings (SSSR count). The third kappa shape index (κ3) is 5.57. The second-order valence-electron chi connectivity index (χ2n) is 6.69. The monoisotopic (exact) mass is 442 g/mol. The molecule has 4 nitrogen and oxygen atoms in total. The second-order valence-corrected chi connectivity index (χ2v) is 8.96. The SMILES string of the molecule is CCCCCC(=O)Nc1nc(-c2ccc(OC)cc2)c(Cc2ccccc2)[se]1. The molecule has 3 aromatic rings. The average Bonchev–Trinajstić information content (AvgIpc) is 3.11. The number of rotatable bonds is 9. The second kappa shape index (κ2) is 10.3. The molecule has 146 valence electrons. The third-order valence-corrected chi connectivity index (χ3v) is 6.56. The van der Waals surface area contributed by atoms with Crippen LogP contribution in [0.25, 0.3) is 11.3 Å². The first kappa shape index (κ1) is 20.4. The molecular formula is C23H26N2O2Se. The summed E-state index contributed by atoms with van der Waals surface area (Å²) in [5.41, 5.74) is 3.30. The summed E-state index contributed by atoms with van der Waals surface area (Å²) in [6.45, 7) is 2.14. The number of carbonyl (C=O) groups excluding carboxylic acids is 1. The number of aromatic nitrogens is 1. The van der Waals surface area contributed by atoms with Crippen LogP contribution in [0, 0.1) is 0 Å². The Kier molecular flexibility index (Phi) is 7.46. The fourth-order valence-electron chi connectivity index (χ4n) is 3.00. The van der Waals surface area contributed by atoms with E-state index >= 15 is 0 Å². The minimum atomic E-state index is 0.0194. The molecule has 0 atom stereocenters. The van der Waals surface area contributed by atoms with Gasteiger partial charge in [-0.25, -0.2) is 0 Å². The molecule has 28 heavy (non-hydrogen) atoms. The van der Waals surface area contributed by atoms with Gasteiger partial charge in [0.1, 0.15) is 0 Å². The summed E-state index contributed by atoms with van der Waals surface area (Å²) >= 11 is 0.0194. The number of amides is 1. The molecule has 1 amide bonds. The zero-order valence-electron chi connectivity index (χ0n) is 16.4. The van der Waals surface area contributed by atoms with Crippen molar-refractivity contribution in [2.75, 3.05) is 12.4 Å². The molecule has 1 heterocycles. The van der Waals surface area contributed by atoms with Gasteiger partial charge in [-0.05, 0) is 0 Å². The average molecular weight is 441 g/mol. The molecule has 0 saturated heterocycles. The molecule has 0 spiro atoms. The van der Waals surface area contributed by atoms with E-state index in [0.29, 0.717) is 6.42 Å².